The Morgan fingerprint density at radius 1 is 1.17 bits per heavy atom. The lowest BCUT2D eigenvalue weighted by molar-refractivity contribution is 0.287. The summed E-state index contributed by atoms with van der Waals surface area (Å²) in [7, 11) is 5.19. The minimum atomic E-state index is -0.680. The van der Waals surface area contributed by atoms with Gasteiger partial charge in [-0.1, -0.05) is 12.1 Å². The number of rotatable bonds is 6. The van der Waals surface area contributed by atoms with Crippen LogP contribution in [0.4, 0.5) is 5.69 Å². The first kappa shape index (κ1) is 20.8. The van der Waals surface area contributed by atoms with Crippen molar-refractivity contribution >= 4 is 17.0 Å². The van der Waals surface area contributed by atoms with Gasteiger partial charge in [0.05, 0.1) is 7.11 Å². The summed E-state index contributed by atoms with van der Waals surface area (Å²) in [6.07, 6.45) is 4.42. The summed E-state index contributed by atoms with van der Waals surface area (Å²) in [6, 6.07) is 7.30. The smallest absolute Gasteiger partial charge is 0.349 e. The molecule has 0 saturated carbocycles. The fourth-order valence-electron chi connectivity index (χ4n) is 3.15. The molecule has 0 aliphatic rings. The molecule has 0 aliphatic carbocycles. The average Bonchev–Trinajstić information content (AvgIpc) is 3.04. The van der Waals surface area contributed by atoms with E-state index >= 15 is 0 Å². The third-order valence-corrected chi connectivity index (χ3v) is 4.54. The zero-order valence-electron chi connectivity index (χ0n) is 17.0. The number of aromatic amines is 1. The number of nitrogens with one attached hydrogen (secondary N) is 1. The molecule has 0 atom stereocenters. The van der Waals surface area contributed by atoms with Crippen molar-refractivity contribution in [3.8, 4) is 11.1 Å². The number of hydrogen-bond acceptors (Lipinski definition) is 7. The third-order valence-electron chi connectivity index (χ3n) is 4.54. The number of benzene rings is 1. The number of nitrogen functional groups attached to an aromatic ring is 1. The summed E-state index contributed by atoms with van der Waals surface area (Å²) in [5, 5.41) is 2.67. The van der Waals surface area contributed by atoms with Crippen molar-refractivity contribution in [1.82, 2.24) is 19.1 Å². The van der Waals surface area contributed by atoms with Crippen molar-refractivity contribution in [2.24, 2.45) is 11.5 Å². The fraction of sp³-hybridized carbons (Fsp3) is 0.200. The Kier molecular flexibility index (Phi) is 5.70. The van der Waals surface area contributed by atoms with Crippen LogP contribution in [0.2, 0.25) is 0 Å². The van der Waals surface area contributed by atoms with E-state index in [9.17, 15) is 9.59 Å². The van der Waals surface area contributed by atoms with Gasteiger partial charge in [-0.2, -0.15) is 0 Å². The fourth-order valence-corrected chi connectivity index (χ4v) is 3.15. The number of H-pyrrole nitrogens is 1. The summed E-state index contributed by atoms with van der Waals surface area (Å²) in [5.74, 6) is -0.0000804. The van der Waals surface area contributed by atoms with Crippen LogP contribution >= 0.6 is 0 Å². The standard InChI is InChI=1S/C20H25N7O3/c1-25(2)10-15-14(12-4-6-13(21)7-5-12)11-26-18(15)19(28)27(20(29)24-26)16(22)8-9-17(23)30-3/h4-9,11H,10,21-23H2,1-3H3,(H,24,29)/b16-8+,17-9+. The Morgan fingerprint density at radius 2 is 1.83 bits per heavy atom. The van der Waals surface area contributed by atoms with Crippen LogP contribution in [0.3, 0.4) is 0 Å². The first-order valence-corrected chi connectivity index (χ1v) is 9.10. The number of aromatic nitrogens is 3. The normalized spacial score (nSPS) is 12.7. The molecule has 0 amide bonds. The Morgan fingerprint density at radius 3 is 2.43 bits per heavy atom. The minimum Gasteiger partial charge on any atom is -0.483 e. The summed E-state index contributed by atoms with van der Waals surface area (Å²) >= 11 is 0. The van der Waals surface area contributed by atoms with Crippen LogP contribution in [0, 0.1) is 0 Å². The van der Waals surface area contributed by atoms with Crippen molar-refractivity contribution in [3.63, 3.8) is 0 Å². The summed E-state index contributed by atoms with van der Waals surface area (Å²) < 4.78 is 7.13. The molecule has 3 rings (SSSR count). The minimum absolute atomic E-state index is 0.0881. The second kappa shape index (κ2) is 8.21. The third kappa shape index (κ3) is 3.94. The van der Waals surface area contributed by atoms with E-state index in [1.165, 1.54) is 23.8 Å². The maximum absolute atomic E-state index is 13.3. The second-order valence-corrected chi connectivity index (χ2v) is 7.02. The summed E-state index contributed by atoms with van der Waals surface area (Å²) in [5.41, 5.74) is 19.5. The van der Waals surface area contributed by atoms with Crippen molar-refractivity contribution in [3.05, 3.63) is 74.9 Å². The number of ether oxygens (including phenoxy) is 1. The molecule has 0 spiro atoms. The number of methoxy groups -OCH3 is 1. The van der Waals surface area contributed by atoms with Gasteiger partial charge < -0.3 is 26.8 Å². The van der Waals surface area contributed by atoms with E-state index in [0.717, 1.165) is 21.3 Å². The molecule has 0 bridgehead atoms. The number of fused-ring (bicyclic) bond motifs is 1. The molecule has 2 heterocycles. The highest BCUT2D eigenvalue weighted by atomic mass is 16.5. The van der Waals surface area contributed by atoms with E-state index in [4.69, 9.17) is 21.9 Å². The maximum atomic E-state index is 13.3. The molecule has 2 aromatic heterocycles. The van der Waals surface area contributed by atoms with Crippen LogP contribution in [-0.2, 0) is 11.3 Å². The second-order valence-electron chi connectivity index (χ2n) is 7.02. The van der Waals surface area contributed by atoms with Gasteiger partial charge in [-0.3, -0.25) is 9.31 Å². The molecule has 0 saturated heterocycles. The van der Waals surface area contributed by atoms with Gasteiger partial charge in [0, 0.05) is 35.6 Å². The molecule has 0 unspecified atom stereocenters. The molecule has 3 aromatic rings. The number of nitrogens with zero attached hydrogens (tertiary/aromatic N) is 3. The molecule has 0 radical (unpaired) electrons. The zero-order valence-corrected chi connectivity index (χ0v) is 17.0. The lowest BCUT2D eigenvalue weighted by Gasteiger charge is -2.12. The van der Waals surface area contributed by atoms with E-state index in [0.29, 0.717) is 17.7 Å². The van der Waals surface area contributed by atoms with Crippen molar-refractivity contribution in [2.45, 2.75) is 6.54 Å². The van der Waals surface area contributed by atoms with Gasteiger partial charge >= 0.3 is 5.69 Å². The lowest BCUT2D eigenvalue weighted by Crippen LogP contribution is -2.39. The predicted octanol–water partition coefficient (Wildman–Crippen LogP) is 0.304. The monoisotopic (exact) mass is 411 g/mol. The van der Waals surface area contributed by atoms with Crippen LogP contribution in [0.5, 0.6) is 0 Å². The van der Waals surface area contributed by atoms with Gasteiger partial charge in [-0.15, -0.1) is 0 Å². The quantitative estimate of drug-likeness (QED) is 0.259. The van der Waals surface area contributed by atoms with Gasteiger partial charge in [0.25, 0.3) is 5.56 Å². The van der Waals surface area contributed by atoms with Crippen LogP contribution in [-0.4, -0.2) is 40.3 Å². The SMILES string of the molecule is CO/C(N)=C/C=C(\N)n1c(=O)[nH]n2cc(-c3ccc(N)cc3)c(CN(C)C)c2c1=O. The number of anilines is 1. The van der Waals surface area contributed by atoms with E-state index in [2.05, 4.69) is 5.10 Å². The maximum Gasteiger partial charge on any atom is 0.349 e. The molecule has 0 aliphatic heterocycles. The van der Waals surface area contributed by atoms with Crippen LogP contribution in [0.1, 0.15) is 5.56 Å². The van der Waals surface area contributed by atoms with Crippen LogP contribution in [0.25, 0.3) is 22.5 Å². The molecule has 10 heteroatoms. The number of nitrogens with two attached hydrogens (primary N) is 3. The summed E-state index contributed by atoms with van der Waals surface area (Å²) in [6.45, 7) is 0.470. The van der Waals surface area contributed by atoms with E-state index in [-0.39, 0.29) is 11.7 Å². The number of hydrogen-bond donors (Lipinski definition) is 4. The Hall–Kier alpha value is -3.92. The molecular weight excluding hydrogens is 386 g/mol. The first-order chi connectivity index (χ1) is 14.2. The molecule has 1 aromatic carbocycles. The predicted molar refractivity (Wildman–Crippen MR) is 117 cm³/mol. The zero-order chi connectivity index (χ0) is 22.0. The van der Waals surface area contributed by atoms with Gasteiger partial charge in [0.2, 0.25) is 0 Å². The van der Waals surface area contributed by atoms with E-state index < -0.39 is 11.2 Å². The topological polar surface area (TPSA) is 150 Å². The van der Waals surface area contributed by atoms with Crippen LogP contribution < -0.4 is 28.5 Å². The Labute approximate surface area is 172 Å². The van der Waals surface area contributed by atoms with Crippen molar-refractivity contribution < 1.29 is 4.74 Å². The van der Waals surface area contributed by atoms with Gasteiger partial charge in [0.1, 0.15) is 11.3 Å². The highest BCUT2D eigenvalue weighted by Gasteiger charge is 2.19. The summed E-state index contributed by atoms with van der Waals surface area (Å²) in [4.78, 5) is 27.8. The highest BCUT2D eigenvalue weighted by molar-refractivity contribution is 5.77. The molecule has 0 fully saturated rings. The van der Waals surface area contributed by atoms with E-state index in [1.54, 1.807) is 18.3 Å². The van der Waals surface area contributed by atoms with Crippen LogP contribution in [0.15, 0.2) is 58.1 Å². The average molecular weight is 411 g/mol. The van der Waals surface area contributed by atoms with Gasteiger partial charge in [0.15, 0.2) is 5.88 Å². The first-order valence-electron chi connectivity index (χ1n) is 9.10. The highest BCUT2D eigenvalue weighted by Crippen LogP contribution is 2.28. The van der Waals surface area contributed by atoms with E-state index in [1.807, 2.05) is 31.1 Å². The molecule has 10 nitrogen and oxygen atoms in total. The van der Waals surface area contributed by atoms with Crippen molar-refractivity contribution in [1.29, 1.82) is 0 Å². The van der Waals surface area contributed by atoms with Gasteiger partial charge in [-0.05, 0) is 37.9 Å². The lowest BCUT2D eigenvalue weighted by atomic mass is 10.0. The largest absolute Gasteiger partial charge is 0.483 e. The molecule has 158 valence electrons. The van der Waals surface area contributed by atoms with Crippen molar-refractivity contribution in [2.75, 3.05) is 26.9 Å². The van der Waals surface area contributed by atoms with Gasteiger partial charge in [-0.25, -0.2) is 14.5 Å². The Bertz CT molecular complexity index is 1240. The molecule has 7 N–H and O–H groups in total. The molecule has 30 heavy (non-hydrogen) atoms. The molecular formula is C20H25N7O3. The number of allylic oxidation sites excluding steroid dienone is 2. The Balaban J connectivity index is 2.31.